The molecule has 3 nitrogen and oxygen atoms in total. The average molecular weight is 380 g/mol. The number of rotatable bonds is 3. The third-order valence-corrected chi connectivity index (χ3v) is 4.69. The van der Waals surface area contributed by atoms with Gasteiger partial charge in [0.25, 0.3) is 5.91 Å². The molecule has 4 rings (SSSR count). The van der Waals surface area contributed by atoms with Gasteiger partial charge < -0.3 is 5.32 Å². The number of amidine groups is 1. The first kappa shape index (κ1) is 18.0. The van der Waals surface area contributed by atoms with Crippen LogP contribution in [0.25, 0.3) is 0 Å². The Morgan fingerprint density at radius 2 is 1.36 bits per heavy atom. The van der Waals surface area contributed by atoms with E-state index in [9.17, 15) is 18.0 Å². The predicted molar refractivity (Wildman–Crippen MR) is 99.8 cm³/mol. The molecule has 1 aliphatic heterocycles. The van der Waals surface area contributed by atoms with E-state index < -0.39 is 23.2 Å². The molecule has 1 N–H and O–H groups in total. The molecule has 0 bridgehead atoms. The largest absolute Gasteiger partial charge is 0.416 e. The van der Waals surface area contributed by atoms with Crippen LogP contribution in [0.5, 0.6) is 0 Å². The van der Waals surface area contributed by atoms with Crippen LogP contribution in [0.15, 0.2) is 89.9 Å². The number of nitrogens with zero attached hydrogens (tertiary/aromatic N) is 1. The summed E-state index contributed by atoms with van der Waals surface area (Å²) in [4.78, 5) is 17.7. The summed E-state index contributed by atoms with van der Waals surface area (Å²) in [7, 11) is 0. The van der Waals surface area contributed by atoms with Crippen LogP contribution in [0.3, 0.4) is 0 Å². The van der Waals surface area contributed by atoms with Crippen molar-refractivity contribution in [1.82, 2.24) is 5.32 Å². The smallest absolute Gasteiger partial charge is 0.308 e. The van der Waals surface area contributed by atoms with Crippen LogP contribution in [0.1, 0.15) is 22.3 Å². The zero-order chi connectivity index (χ0) is 19.8. The molecule has 0 spiro atoms. The highest BCUT2D eigenvalue weighted by Gasteiger charge is 2.47. The molecular formula is C22H15F3N2O. The lowest BCUT2D eigenvalue weighted by Crippen LogP contribution is -2.38. The molecule has 28 heavy (non-hydrogen) atoms. The van der Waals surface area contributed by atoms with Gasteiger partial charge in [-0.25, -0.2) is 4.99 Å². The molecule has 0 unspecified atom stereocenters. The number of halogens is 3. The molecule has 1 heterocycles. The molecule has 6 heteroatoms. The number of carbonyl (C=O) groups is 1. The minimum absolute atomic E-state index is 0.115. The lowest BCUT2D eigenvalue weighted by Gasteiger charge is -2.24. The number of benzene rings is 3. The lowest BCUT2D eigenvalue weighted by molar-refractivity contribution is -0.137. The van der Waals surface area contributed by atoms with Gasteiger partial charge in [0.05, 0.1) is 5.56 Å². The summed E-state index contributed by atoms with van der Waals surface area (Å²) in [6.07, 6.45) is -4.48. The van der Waals surface area contributed by atoms with Crippen molar-refractivity contribution in [2.24, 2.45) is 4.99 Å². The van der Waals surface area contributed by atoms with Crippen LogP contribution in [0.2, 0.25) is 0 Å². The SMILES string of the molecule is O=C1NC(c2cccc(C(F)(F)F)c2)=NC1(c1ccccc1)c1ccccc1. The van der Waals surface area contributed by atoms with Gasteiger partial charge in [-0.3, -0.25) is 4.79 Å². The second-order valence-corrected chi connectivity index (χ2v) is 6.44. The maximum absolute atomic E-state index is 13.1. The highest BCUT2D eigenvalue weighted by molar-refractivity contribution is 6.16. The Labute approximate surface area is 159 Å². The Morgan fingerprint density at radius 3 is 1.89 bits per heavy atom. The predicted octanol–water partition coefficient (Wildman–Crippen LogP) is 4.53. The standard InChI is InChI=1S/C22H15F3N2O/c23-22(24,25)18-13-7-8-15(14-18)19-26-20(28)21(27-19,16-9-3-1-4-10-16)17-11-5-2-6-12-17/h1-14H,(H,26,27,28). The van der Waals surface area contributed by atoms with Crippen LogP contribution in [0, 0.1) is 0 Å². The normalized spacial score (nSPS) is 15.8. The number of nitrogens with one attached hydrogen (secondary N) is 1. The van der Waals surface area contributed by atoms with Gasteiger partial charge in [-0.2, -0.15) is 13.2 Å². The highest BCUT2D eigenvalue weighted by atomic mass is 19.4. The Kier molecular flexibility index (Phi) is 4.26. The number of carbonyl (C=O) groups excluding carboxylic acids is 1. The quantitative estimate of drug-likeness (QED) is 0.713. The van der Waals surface area contributed by atoms with Gasteiger partial charge in [0, 0.05) is 5.56 Å². The van der Waals surface area contributed by atoms with E-state index in [1.807, 2.05) is 12.1 Å². The maximum atomic E-state index is 13.1. The van der Waals surface area contributed by atoms with Gasteiger partial charge in [-0.15, -0.1) is 0 Å². The van der Waals surface area contributed by atoms with Crippen molar-refractivity contribution >= 4 is 11.7 Å². The van der Waals surface area contributed by atoms with Crippen molar-refractivity contribution in [1.29, 1.82) is 0 Å². The van der Waals surface area contributed by atoms with E-state index in [4.69, 9.17) is 0 Å². The summed E-state index contributed by atoms with van der Waals surface area (Å²) in [5, 5.41) is 2.68. The first-order valence-corrected chi connectivity index (χ1v) is 8.61. The summed E-state index contributed by atoms with van der Waals surface area (Å²) >= 11 is 0. The molecule has 0 fully saturated rings. The third-order valence-electron chi connectivity index (χ3n) is 4.69. The fraction of sp³-hybridized carbons (Fsp3) is 0.0909. The van der Waals surface area contributed by atoms with Gasteiger partial charge in [-0.05, 0) is 23.3 Å². The summed E-state index contributed by atoms with van der Waals surface area (Å²) < 4.78 is 39.3. The van der Waals surface area contributed by atoms with Crippen LogP contribution in [-0.4, -0.2) is 11.7 Å². The van der Waals surface area contributed by atoms with Crippen molar-refractivity contribution in [2.45, 2.75) is 11.7 Å². The van der Waals surface area contributed by atoms with E-state index in [1.165, 1.54) is 12.1 Å². The lowest BCUT2D eigenvalue weighted by atomic mass is 9.83. The van der Waals surface area contributed by atoms with Crippen LogP contribution < -0.4 is 5.32 Å². The number of hydrogen-bond donors (Lipinski definition) is 1. The number of hydrogen-bond acceptors (Lipinski definition) is 2. The Hall–Kier alpha value is -3.41. The molecule has 0 saturated carbocycles. The number of aliphatic imine (C=N–C) groups is 1. The van der Waals surface area contributed by atoms with Gasteiger partial charge in [0.1, 0.15) is 5.84 Å². The molecular weight excluding hydrogens is 365 g/mol. The van der Waals surface area contributed by atoms with Gasteiger partial charge >= 0.3 is 6.18 Å². The molecule has 0 radical (unpaired) electrons. The minimum atomic E-state index is -4.48. The molecule has 0 aromatic heterocycles. The Bertz CT molecular complexity index is 1000. The van der Waals surface area contributed by atoms with Crippen LogP contribution in [0.4, 0.5) is 13.2 Å². The Morgan fingerprint density at radius 1 is 0.786 bits per heavy atom. The number of alkyl halides is 3. The fourth-order valence-electron chi connectivity index (χ4n) is 3.34. The Balaban J connectivity index is 1.90. The minimum Gasteiger partial charge on any atom is -0.308 e. The fourth-order valence-corrected chi connectivity index (χ4v) is 3.34. The second-order valence-electron chi connectivity index (χ2n) is 6.44. The van der Waals surface area contributed by atoms with Gasteiger partial charge in [0.15, 0.2) is 5.54 Å². The topological polar surface area (TPSA) is 41.5 Å². The molecule has 0 saturated heterocycles. The van der Waals surface area contributed by atoms with Crippen molar-refractivity contribution in [2.75, 3.05) is 0 Å². The number of amides is 1. The van der Waals surface area contributed by atoms with E-state index in [2.05, 4.69) is 10.3 Å². The molecule has 1 amide bonds. The first-order valence-electron chi connectivity index (χ1n) is 8.61. The zero-order valence-electron chi connectivity index (χ0n) is 14.6. The van der Waals surface area contributed by atoms with Crippen molar-refractivity contribution in [3.63, 3.8) is 0 Å². The molecule has 0 atom stereocenters. The highest BCUT2D eigenvalue weighted by Crippen LogP contribution is 2.38. The van der Waals surface area contributed by atoms with Gasteiger partial charge in [-0.1, -0.05) is 72.8 Å². The third kappa shape index (κ3) is 2.97. The monoisotopic (exact) mass is 380 g/mol. The van der Waals surface area contributed by atoms with Crippen molar-refractivity contribution < 1.29 is 18.0 Å². The molecule has 3 aromatic carbocycles. The molecule has 3 aromatic rings. The van der Waals surface area contributed by atoms with Gasteiger partial charge in [0.2, 0.25) is 0 Å². The van der Waals surface area contributed by atoms with E-state index in [0.717, 1.165) is 12.1 Å². The van der Waals surface area contributed by atoms with E-state index in [0.29, 0.717) is 11.1 Å². The van der Waals surface area contributed by atoms with Crippen molar-refractivity contribution in [3.05, 3.63) is 107 Å². The first-order chi connectivity index (χ1) is 13.4. The summed E-state index contributed by atoms with van der Waals surface area (Å²) in [6, 6.07) is 22.8. The average Bonchev–Trinajstić information content (AvgIpc) is 3.07. The zero-order valence-corrected chi connectivity index (χ0v) is 14.6. The van der Waals surface area contributed by atoms with E-state index in [-0.39, 0.29) is 11.4 Å². The van der Waals surface area contributed by atoms with Crippen molar-refractivity contribution in [3.8, 4) is 0 Å². The maximum Gasteiger partial charge on any atom is 0.416 e. The van der Waals surface area contributed by atoms with Crippen LogP contribution >= 0.6 is 0 Å². The molecule has 0 aliphatic carbocycles. The molecule has 140 valence electrons. The molecule has 1 aliphatic rings. The van der Waals surface area contributed by atoms with E-state index in [1.54, 1.807) is 48.5 Å². The summed E-state index contributed by atoms with van der Waals surface area (Å²) in [5.74, 6) is -0.291. The summed E-state index contributed by atoms with van der Waals surface area (Å²) in [6.45, 7) is 0. The second kappa shape index (κ2) is 6.64. The summed E-state index contributed by atoms with van der Waals surface area (Å²) in [5.41, 5.74) is -0.663. The van der Waals surface area contributed by atoms with E-state index >= 15 is 0 Å². The van der Waals surface area contributed by atoms with Crippen LogP contribution in [-0.2, 0) is 16.5 Å².